The number of aryl methyl sites for hydroxylation is 3. The van der Waals surface area contributed by atoms with Gasteiger partial charge in [0.15, 0.2) is 0 Å². The lowest BCUT2D eigenvalue weighted by atomic mass is 9.99. The largest absolute Gasteiger partial charge is 0.207 e. The van der Waals surface area contributed by atoms with Gasteiger partial charge in [-0.3, -0.25) is 0 Å². The molecule has 0 aliphatic rings. The van der Waals surface area contributed by atoms with Crippen LogP contribution in [0.4, 0.5) is 4.39 Å². The summed E-state index contributed by atoms with van der Waals surface area (Å²) in [6.07, 6.45) is 0.735. The Hall–Kier alpha value is -1.63. The fraction of sp³-hybridized carbons (Fsp3) is 0.250. The molecule has 0 aliphatic carbocycles. The van der Waals surface area contributed by atoms with Gasteiger partial charge in [-0.05, 0) is 43.0 Å². The smallest absolute Gasteiger partial charge is 0.127 e. The van der Waals surface area contributed by atoms with Crippen molar-refractivity contribution in [1.29, 1.82) is 0 Å². The first kappa shape index (κ1) is 11.8. The van der Waals surface area contributed by atoms with Gasteiger partial charge >= 0.3 is 0 Å². The van der Waals surface area contributed by atoms with E-state index in [1.54, 1.807) is 6.07 Å². The maximum atomic E-state index is 13.7. The van der Waals surface area contributed by atoms with Crippen molar-refractivity contribution >= 4 is 0 Å². The van der Waals surface area contributed by atoms with Crippen molar-refractivity contribution in [3.63, 3.8) is 0 Å². The first-order chi connectivity index (χ1) is 8.10. The summed E-state index contributed by atoms with van der Waals surface area (Å²) in [4.78, 5) is 0. The van der Waals surface area contributed by atoms with Gasteiger partial charge in [-0.25, -0.2) is 4.39 Å². The zero-order valence-electron chi connectivity index (χ0n) is 10.5. The van der Waals surface area contributed by atoms with Crippen molar-refractivity contribution in [3.8, 4) is 11.1 Å². The molecule has 2 rings (SSSR count). The molecule has 1 heteroatoms. The van der Waals surface area contributed by atoms with Crippen LogP contribution in [0.2, 0.25) is 0 Å². The molecule has 88 valence electrons. The molecular weight excluding hydrogens is 211 g/mol. The Balaban J connectivity index is 2.49. The molecule has 0 saturated heterocycles. The highest BCUT2D eigenvalue weighted by atomic mass is 19.1. The minimum absolute atomic E-state index is 0.107. The molecule has 0 aliphatic heterocycles. The molecule has 2 aromatic carbocycles. The van der Waals surface area contributed by atoms with Crippen LogP contribution in [0.1, 0.15) is 23.6 Å². The molecule has 17 heavy (non-hydrogen) atoms. The maximum absolute atomic E-state index is 13.7. The molecule has 0 saturated carbocycles. The van der Waals surface area contributed by atoms with Crippen molar-refractivity contribution in [1.82, 2.24) is 0 Å². The van der Waals surface area contributed by atoms with Crippen LogP contribution in [-0.2, 0) is 6.42 Å². The third-order valence-electron chi connectivity index (χ3n) is 2.99. The predicted octanol–water partition coefficient (Wildman–Crippen LogP) is 4.67. The van der Waals surface area contributed by atoms with Gasteiger partial charge < -0.3 is 0 Å². The summed E-state index contributed by atoms with van der Waals surface area (Å²) in [7, 11) is 0. The molecule has 0 unspecified atom stereocenters. The van der Waals surface area contributed by atoms with Gasteiger partial charge in [0.1, 0.15) is 5.82 Å². The molecule has 0 radical (unpaired) electrons. The van der Waals surface area contributed by atoms with Gasteiger partial charge in [-0.15, -0.1) is 0 Å². The second kappa shape index (κ2) is 4.70. The molecule has 0 nitrogen and oxygen atoms in total. The highest BCUT2D eigenvalue weighted by molar-refractivity contribution is 5.65. The number of rotatable bonds is 2. The van der Waals surface area contributed by atoms with E-state index in [2.05, 4.69) is 32.0 Å². The van der Waals surface area contributed by atoms with Crippen LogP contribution in [0.3, 0.4) is 0 Å². The van der Waals surface area contributed by atoms with Gasteiger partial charge in [-0.2, -0.15) is 0 Å². The number of halogens is 1. The fourth-order valence-electron chi connectivity index (χ4n) is 2.15. The summed E-state index contributed by atoms with van der Waals surface area (Å²) in [6.45, 7) is 6.09. The maximum Gasteiger partial charge on any atom is 0.127 e. The second-order valence-electron chi connectivity index (χ2n) is 4.54. The van der Waals surface area contributed by atoms with Gasteiger partial charge in [-0.1, -0.05) is 48.4 Å². The first-order valence-corrected chi connectivity index (χ1v) is 5.97. The zero-order valence-corrected chi connectivity index (χ0v) is 10.5. The molecule has 0 aromatic heterocycles. The van der Waals surface area contributed by atoms with Crippen LogP contribution in [0.25, 0.3) is 11.1 Å². The SMILES string of the molecule is CCc1ccc(-c2cc(C)cc(C)c2)cc1F. The Morgan fingerprint density at radius 3 is 2.06 bits per heavy atom. The van der Waals surface area contributed by atoms with Gasteiger partial charge in [0.25, 0.3) is 0 Å². The lowest BCUT2D eigenvalue weighted by Crippen LogP contribution is -1.89. The van der Waals surface area contributed by atoms with Crippen LogP contribution < -0.4 is 0 Å². The summed E-state index contributed by atoms with van der Waals surface area (Å²) < 4.78 is 13.7. The topological polar surface area (TPSA) is 0 Å². The van der Waals surface area contributed by atoms with E-state index in [-0.39, 0.29) is 5.82 Å². The summed E-state index contributed by atoms with van der Waals surface area (Å²) in [6, 6.07) is 11.8. The van der Waals surface area contributed by atoms with E-state index >= 15 is 0 Å². The van der Waals surface area contributed by atoms with Gasteiger partial charge in [0, 0.05) is 0 Å². The van der Waals surface area contributed by atoms with E-state index < -0.39 is 0 Å². The molecule has 0 spiro atoms. The Bertz CT molecular complexity index is 521. The standard InChI is InChI=1S/C16H17F/c1-4-13-5-6-14(10-16(13)17)15-8-11(2)7-12(3)9-15/h5-10H,4H2,1-3H3. The van der Waals surface area contributed by atoms with Crippen molar-refractivity contribution in [3.05, 3.63) is 58.9 Å². The highest BCUT2D eigenvalue weighted by Crippen LogP contribution is 2.24. The van der Waals surface area contributed by atoms with Crippen LogP contribution >= 0.6 is 0 Å². The average molecular weight is 228 g/mol. The highest BCUT2D eigenvalue weighted by Gasteiger charge is 2.04. The summed E-state index contributed by atoms with van der Waals surface area (Å²) in [5, 5.41) is 0. The molecule has 0 atom stereocenters. The second-order valence-corrected chi connectivity index (χ2v) is 4.54. The number of hydrogen-bond acceptors (Lipinski definition) is 0. The van der Waals surface area contributed by atoms with Gasteiger partial charge in [0.2, 0.25) is 0 Å². The zero-order chi connectivity index (χ0) is 12.4. The molecule has 0 N–H and O–H groups in total. The quantitative estimate of drug-likeness (QED) is 0.700. The van der Waals surface area contributed by atoms with Crippen molar-refractivity contribution < 1.29 is 4.39 Å². The predicted molar refractivity (Wildman–Crippen MR) is 70.7 cm³/mol. The Labute approximate surface area is 102 Å². The molecule has 0 bridgehead atoms. The lowest BCUT2D eigenvalue weighted by Gasteiger charge is -2.07. The van der Waals surface area contributed by atoms with E-state index in [0.717, 1.165) is 23.1 Å². The minimum atomic E-state index is -0.107. The van der Waals surface area contributed by atoms with E-state index in [9.17, 15) is 4.39 Å². The summed E-state index contributed by atoms with van der Waals surface area (Å²) in [5.74, 6) is -0.107. The molecule has 2 aromatic rings. The van der Waals surface area contributed by atoms with Crippen molar-refractivity contribution in [2.24, 2.45) is 0 Å². The van der Waals surface area contributed by atoms with Crippen molar-refractivity contribution in [2.45, 2.75) is 27.2 Å². The lowest BCUT2D eigenvalue weighted by molar-refractivity contribution is 0.613. The molecular formula is C16H17F. The van der Waals surface area contributed by atoms with Crippen LogP contribution in [0, 0.1) is 19.7 Å². The van der Waals surface area contributed by atoms with Crippen LogP contribution in [0.5, 0.6) is 0 Å². The Morgan fingerprint density at radius 1 is 0.882 bits per heavy atom. The van der Waals surface area contributed by atoms with E-state index in [0.29, 0.717) is 0 Å². The Morgan fingerprint density at radius 2 is 1.53 bits per heavy atom. The third-order valence-corrected chi connectivity index (χ3v) is 2.99. The monoisotopic (exact) mass is 228 g/mol. The number of hydrogen-bond donors (Lipinski definition) is 0. The normalized spacial score (nSPS) is 10.6. The van der Waals surface area contributed by atoms with Crippen molar-refractivity contribution in [2.75, 3.05) is 0 Å². The molecule has 0 heterocycles. The third kappa shape index (κ3) is 2.55. The number of benzene rings is 2. The van der Waals surface area contributed by atoms with Gasteiger partial charge in [0.05, 0.1) is 0 Å². The van der Waals surface area contributed by atoms with E-state index in [4.69, 9.17) is 0 Å². The van der Waals surface area contributed by atoms with Crippen LogP contribution in [-0.4, -0.2) is 0 Å². The molecule has 0 amide bonds. The average Bonchev–Trinajstić information content (AvgIpc) is 2.27. The summed E-state index contributed by atoms with van der Waals surface area (Å²) in [5.41, 5.74) is 5.23. The summed E-state index contributed by atoms with van der Waals surface area (Å²) >= 11 is 0. The fourth-order valence-corrected chi connectivity index (χ4v) is 2.15. The molecule has 0 fully saturated rings. The van der Waals surface area contributed by atoms with E-state index in [1.807, 2.05) is 19.1 Å². The first-order valence-electron chi connectivity index (χ1n) is 5.97. The Kier molecular flexibility index (Phi) is 3.28. The minimum Gasteiger partial charge on any atom is -0.207 e. The van der Waals surface area contributed by atoms with Crippen LogP contribution in [0.15, 0.2) is 36.4 Å². The van der Waals surface area contributed by atoms with E-state index in [1.165, 1.54) is 11.1 Å².